The molecule has 1 unspecified atom stereocenters. The molecule has 168 valence electrons. The molecule has 1 amide bonds. The van der Waals surface area contributed by atoms with Crippen LogP contribution in [0.3, 0.4) is 0 Å². The summed E-state index contributed by atoms with van der Waals surface area (Å²) < 4.78 is 5.28. The first-order chi connectivity index (χ1) is 15.6. The predicted molar refractivity (Wildman–Crippen MR) is 121 cm³/mol. The number of aromatic amines is 1. The molecule has 4 N–H and O–H groups in total. The summed E-state index contributed by atoms with van der Waals surface area (Å²) in [5.41, 5.74) is 6.89. The number of H-pyrrole nitrogens is 1. The average Bonchev–Trinajstić information content (AvgIpc) is 3.42. The normalized spacial score (nSPS) is 15.6. The zero-order chi connectivity index (χ0) is 22.5. The van der Waals surface area contributed by atoms with Gasteiger partial charge in [-0.15, -0.1) is 0 Å². The molecule has 8 heteroatoms. The van der Waals surface area contributed by atoms with E-state index in [1.54, 1.807) is 18.7 Å². The molecular weight excluding hydrogens is 408 g/mol. The number of carbonyl (C=O) groups is 1. The number of aliphatic hydroxyl groups is 1. The standard InChI is InChI=1S/C24H28N4O4/c1-32-18-5-7-20-21(15-18)26-23(25-20)10-11-28(12-13-29)22-8-4-17-14-16(2-6-19(17)22)3-9-24(30)27-31/h2-3,5-7,9,14-15,22,29,31H,4,8,10-13H2,1H3,(H,25,26)(H,27,30)/b9-3+. The quantitative estimate of drug-likeness (QED) is 0.233. The number of nitrogens with zero attached hydrogens (tertiary/aromatic N) is 2. The molecule has 0 saturated carbocycles. The van der Waals surface area contributed by atoms with Gasteiger partial charge in [0.1, 0.15) is 11.6 Å². The minimum Gasteiger partial charge on any atom is -0.497 e. The molecule has 0 saturated heterocycles. The highest BCUT2D eigenvalue weighted by Gasteiger charge is 2.27. The van der Waals surface area contributed by atoms with Crippen molar-refractivity contribution in [2.75, 3.05) is 26.8 Å². The van der Waals surface area contributed by atoms with Gasteiger partial charge in [0, 0.05) is 37.7 Å². The molecule has 0 aliphatic heterocycles. The fourth-order valence-electron chi connectivity index (χ4n) is 4.40. The number of aliphatic hydroxyl groups excluding tert-OH is 1. The van der Waals surface area contributed by atoms with E-state index in [0.29, 0.717) is 6.54 Å². The number of rotatable bonds is 9. The zero-order valence-electron chi connectivity index (χ0n) is 18.0. The molecule has 0 spiro atoms. The fraction of sp³-hybridized carbons (Fsp3) is 0.333. The van der Waals surface area contributed by atoms with Crippen molar-refractivity contribution in [1.82, 2.24) is 20.3 Å². The van der Waals surface area contributed by atoms with Crippen LogP contribution >= 0.6 is 0 Å². The highest BCUT2D eigenvalue weighted by Crippen LogP contribution is 2.36. The average molecular weight is 437 g/mol. The third-order valence-electron chi connectivity index (χ3n) is 5.95. The Hall–Kier alpha value is -3.20. The molecule has 1 atom stereocenters. The topological polar surface area (TPSA) is 111 Å². The van der Waals surface area contributed by atoms with Crippen molar-refractivity contribution in [3.05, 3.63) is 65.0 Å². The Bertz CT molecular complexity index is 1120. The maximum atomic E-state index is 11.2. The van der Waals surface area contributed by atoms with Gasteiger partial charge in [-0.25, -0.2) is 10.5 Å². The summed E-state index contributed by atoms with van der Waals surface area (Å²) >= 11 is 0. The number of imidazole rings is 1. The zero-order valence-corrected chi connectivity index (χ0v) is 18.0. The maximum Gasteiger partial charge on any atom is 0.267 e. The van der Waals surface area contributed by atoms with E-state index in [-0.39, 0.29) is 12.6 Å². The summed E-state index contributed by atoms with van der Waals surface area (Å²) in [7, 11) is 1.65. The van der Waals surface area contributed by atoms with Gasteiger partial charge in [0.2, 0.25) is 0 Å². The van der Waals surface area contributed by atoms with Crippen LogP contribution < -0.4 is 10.2 Å². The van der Waals surface area contributed by atoms with Crippen LogP contribution in [0.15, 0.2) is 42.5 Å². The molecule has 4 rings (SSSR count). The van der Waals surface area contributed by atoms with Gasteiger partial charge < -0.3 is 14.8 Å². The van der Waals surface area contributed by atoms with Gasteiger partial charge in [0.05, 0.1) is 24.8 Å². The van der Waals surface area contributed by atoms with Crippen LogP contribution in [0.25, 0.3) is 17.1 Å². The van der Waals surface area contributed by atoms with Crippen LogP contribution in [0.2, 0.25) is 0 Å². The largest absolute Gasteiger partial charge is 0.497 e. The smallest absolute Gasteiger partial charge is 0.267 e. The van der Waals surface area contributed by atoms with Crippen molar-refractivity contribution in [3.8, 4) is 5.75 Å². The monoisotopic (exact) mass is 436 g/mol. The van der Waals surface area contributed by atoms with Gasteiger partial charge in [-0.1, -0.05) is 18.2 Å². The van der Waals surface area contributed by atoms with Gasteiger partial charge >= 0.3 is 0 Å². The van der Waals surface area contributed by atoms with E-state index in [4.69, 9.17) is 9.94 Å². The Balaban J connectivity index is 1.47. The lowest BCUT2D eigenvalue weighted by atomic mass is 10.0. The van der Waals surface area contributed by atoms with E-state index in [2.05, 4.69) is 27.0 Å². The molecule has 1 aliphatic rings. The van der Waals surface area contributed by atoms with E-state index in [1.165, 1.54) is 17.2 Å². The molecule has 0 fully saturated rings. The molecular formula is C24H28N4O4. The third kappa shape index (κ3) is 4.83. The molecule has 1 aromatic heterocycles. The number of fused-ring (bicyclic) bond motifs is 2. The van der Waals surface area contributed by atoms with Crippen molar-refractivity contribution in [2.24, 2.45) is 0 Å². The van der Waals surface area contributed by atoms with Crippen LogP contribution in [0.1, 0.15) is 35.0 Å². The number of benzene rings is 2. The second-order valence-corrected chi connectivity index (χ2v) is 7.90. The second-order valence-electron chi connectivity index (χ2n) is 7.90. The number of hydrogen-bond donors (Lipinski definition) is 4. The van der Waals surface area contributed by atoms with E-state index >= 15 is 0 Å². The lowest BCUT2D eigenvalue weighted by molar-refractivity contribution is -0.124. The van der Waals surface area contributed by atoms with Crippen LogP contribution in [-0.2, 0) is 17.6 Å². The first-order valence-corrected chi connectivity index (χ1v) is 10.7. The van der Waals surface area contributed by atoms with Crippen LogP contribution in [-0.4, -0.2) is 57.9 Å². The van der Waals surface area contributed by atoms with E-state index < -0.39 is 5.91 Å². The number of aryl methyl sites for hydroxylation is 1. The Kier molecular flexibility index (Phi) is 6.84. The van der Waals surface area contributed by atoms with Crippen molar-refractivity contribution in [3.63, 3.8) is 0 Å². The first-order valence-electron chi connectivity index (χ1n) is 10.7. The SMILES string of the molecule is COc1ccc2nc(CCN(CCO)C3CCc4cc(/C=C/C(=O)NO)ccc43)[nH]c2c1. The van der Waals surface area contributed by atoms with E-state index in [1.807, 2.05) is 24.3 Å². The lowest BCUT2D eigenvalue weighted by Crippen LogP contribution is -2.32. The van der Waals surface area contributed by atoms with Gasteiger partial charge in [-0.05, 0) is 47.7 Å². The molecule has 1 heterocycles. The number of amides is 1. The fourth-order valence-corrected chi connectivity index (χ4v) is 4.40. The summed E-state index contributed by atoms with van der Waals surface area (Å²) in [6.45, 7) is 1.47. The maximum absolute atomic E-state index is 11.2. The molecule has 0 bridgehead atoms. The second kappa shape index (κ2) is 9.95. The van der Waals surface area contributed by atoms with Crippen molar-refractivity contribution in [2.45, 2.75) is 25.3 Å². The highest BCUT2D eigenvalue weighted by atomic mass is 16.5. The minimum atomic E-state index is -0.554. The molecule has 3 aromatic rings. The Morgan fingerprint density at radius 3 is 2.97 bits per heavy atom. The molecule has 8 nitrogen and oxygen atoms in total. The molecule has 32 heavy (non-hydrogen) atoms. The van der Waals surface area contributed by atoms with E-state index in [9.17, 15) is 9.90 Å². The summed E-state index contributed by atoms with van der Waals surface area (Å²) in [6, 6.07) is 12.2. The van der Waals surface area contributed by atoms with Crippen molar-refractivity contribution >= 4 is 23.0 Å². The highest BCUT2D eigenvalue weighted by molar-refractivity contribution is 5.90. The number of hydroxylamine groups is 1. The first kappa shape index (κ1) is 22.0. The van der Waals surface area contributed by atoms with Crippen LogP contribution in [0.5, 0.6) is 5.75 Å². The van der Waals surface area contributed by atoms with Crippen molar-refractivity contribution in [1.29, 1.82) is 0 Å². The number of aromatic nitrogens is 2. The lowest BCUT2D eigenvalue weighted by Gasteiger charge is -2.28. The van der Waals surface area contributed by atoms with Crippen molar-refractivity contribution < 1.29 is 19.8 Å². The molecule has 2 aromatic carbocycles. The number of carbonyl (C=O) groups excluding carboxylic acids is 1. The van der Waals surface area contributed by atoms with Gasteiger partial charge in [-0.3, -0.25) is 14.9 Å². The molecule has 1 aliphatic carbocycles. The minimum absolute atomic E-state index is 0.0975. The van der Waals surface area contributed by atoms with Gasteiger partial charge in [-0.2, -0.15) is 0 Å². The summed E-state index contributed by atoms with van der Waals surface area (Å²) in [5.74, 6) is 1.15. The Morgan fingerprint density at radius 2 is 2.19 bits per heavy atom. The van der Waals surface area contributed by atoms with Crippen LogP contribution in [0, 0.1) is 0 Å². The van der Waals surface area contributed by atoms with Crippen LogP contribution in [0.4, 0.5) is 0 Å². The Labute approximate surface area is 186 Å². The van der Waals surface area contributed by atoms with E-state index in [0.717, 1.165) is 54.0 Å². The summed E-state index contributed by atoms with van der Waals surface area (Å²) in [5, 5.41) is 18.3. The van der Waals surface area contributed by atoms with Gasteiger partial charge in [0.15, 0.2) is 0 Å². The molecule has 0 radical (unpaired) electrons. The van der Waals surface area contributed by atoms with Gasteiger partial charge in [0.25, 0.3) is 5.91 Å². The Morgan fingerprint density at radius 1 is 1.31 bits per heavy atom. The summed E-state index contributed by atoms with van der Waals surface area (Å²) in [4.78, 5) is 21.6. The predicted octanol–water partition coefficient (Wildman–Crippen LogP) is 2.61. The number of ether oxygens (including phenoxy) is 1. The number of hydrogen-bond acceptors (Lipinski definition) is 6. The number of methoxy groups -OCH3 is 1. The third-order valence-corrected chi connectivity index (χ3v) is 5.95. The summed E-state index contributed by atoms with van der Waals surface area (Å²) in [6.07, 6.45) is 5.66. The number of nitrogens with one attached hydrogen (secondary N) is 2.